The highest BCUT2D eigenvalue weighted by Crippen LogP contribution is 2.29. The summed E-state index contributed by atoms with van der Waals surface area (Å²) in [6.07, 6.45) is 0. The Bertz CT molecular complexity index is 506. The molecule has 0 atom stereocenters. The Labute approximate surface area is 125 Å². The number of aliphatic hydroxyl groups is 1. The summed E-state index contributed by atoms with van der Waals surface area (Å²) in [5, 5.41) is 10.8. The smallest absolute Gasteiger partial charge is 0.104 e. The predicted molar refractivity (Wildman–Crippen MR) is 82.8 cm³/mol. The molecule has 1 saturated heterocycles. The molecule has 4 heteroatoms. The summed E-state index contributed by atoms with van der Waals surface area (Å²) in [6, 6.07) is 2.11. The standard InChI is InChI=1S/C16H23NO2S/c1-15(2)11-17(12-16(3,4)19-15)9-14-8-13(10-20-14)6-5-7-18/h8,10,18H,7,9,11-12H2,1-4H3. The molecule has 1 fully saturated rings. The van der Waals surface area contributed by atoms with E-state index in [-0.39, 0.29) is 17.8 Å². The van der Waals surface area contributed by atoms with E-state index in [1.807, 2.05) is 0 Å². The fourth-order valence-electron chi connectivity index (χ4n) is 2.95. The molecule has 0 aromatic carbocycles. The molecule has 0 saturated carbocycles. The van der Waals surface area contributed by atoms with E-state index in [4.69, 9.17) is 9.84 Å². The lowest BCUT2D eigenvalue weighted by molar-refractivity contribution is -0.182. The quantitative estimate of drug-likeness (QED) is 0.850. The molecule has 1 N–H and O–H groups in total. The number of rotatable bonds is 2. The SMILES string of the molecule is CC1(C)CN(Cc2cc(C#CCO)cs2)CC(C)(C)O1. The van der Waals surface area contributed by atoms with Gasteiger partial charge in [-0.15, -0.1) is 11.3 Å². The first-order valence-electron chi connectivity index (χ1n) is 6.89. The minimum absolute atomic E-state index is 0.0863. The van der Waals surface area contributed by atoms with Crippen LogP contribution in [-0.4, -0.2) is 40.9 Å². The zero-order valence-electron chi connectivity index (χ0n) is 12.7. The molecule has 0 unspecified atom stereocenters. The molecule has 0 bridgehead atoms. The molecule has 1 aliphatic heterocycles. The number of morpholine rings is 1. The fourth-order valence-corrected chi connectivity index (χ4v) is 3.81. The second kappa shape index (κ2) is 5.87. The number of hydrogen-bond acceptors (Lipinski definition) is 4. The molecule has 0 radical (unpaired) electrons. The highest BCUT2D eigenvalue weighted by Gasteiger charge is 2.37. The average molecular weight is 293 g/mol. The Hall–Kier alpha value is -0.860. The first kappa shape index (κ1) is 15.5. The summed E-state index contributed by atoms with van der Waals surface area (Å²) >= 11 is 1.73. The molecule has 3 nitrogen and oxygen atoms in total. The van der Waals surface area contributed by atoms with Crippen molar-refractivity contribution in [3.8, 4) is 11.8 Å². The second-order valence-electron chi connectivity index (χ2n) is 6.53. The lowest BCUT2D eigenvalue weighted by Gasteiger charge is -2.47. The van der Waals surface area contributed by atoms with Crippen molar-refractivity contribution in [2.45, 2.75) is 45.4 Å². The highest BCUT2D eigenvalue weighted by molar-refractivity contribution is 7.10. The third-order valence-corrected chi connectivity index (χ3v) is 4.03. The van der Waals surface area contributed by atoms with Crippen LogP contribution in [0.5, 0.6) is 0 Å². The first-order chi connectivity index (χ1) is 9.30. The average Bonchev–Trinajstić information content (AvgIpc) is 2.69. The van der Waals surface area contributed by atoms with Crippen LogP contribution in [0.2, 0.25) is 0 Å². The summed E-state index contributed by atoms with van der Waals surface area (Å²) in [4.78, 5) is 3.75. The summed E-state index contributed by atoms with van der Waals surface area (Å²) in [5.41, 5.74) is 0.766. The topological polar surface area (TPSA) is 32.7 Å². The van der Waals surface area contributed by atoms with E-state index in [9.17, 15) is 0 Å². The van der Waals surface area contributed by atoms with Crippen molar-refractivity contribution in [1.29, 1.82) is 0 Å². The molecular formula is C16H23NO2S. The van der Waals surface area contributed by atoms with Crippen LogP contribution in [0.4, 0.5) is 0 Å². The zero-order chi connectivity index (χ0) is 14.8. The van der Waals surface area contributed by atoms with Crippen LogP contribution in [0.1, 0.15) is 38.1 Å². The maximum atomic E-state index is 8.72. The number of nitrogens with zero attached hydrogens (tertiary/aromatic N) is 1. The predicted octanol–water partition coefficient (Wildman–Crippen LogP) is 2.48. The van der Waals surface area contributed by atoms with Gasteiger partial charge in [0, 0.05) is 35.5 Å². The van der Waals surface area contributed by atoms with Crippen LogP contribution >= 0.6 is 11.3 Å². The van der Waals surface area contributed by atoms with E-state index in [1.54, 1.807) is 11.3 Å². The third-order valence-electron chi connectivity index (χ3n) is 3.11. The van der Waals surface area contributed by atoms with Gasteiger partial charge < -0.3 is 9.84 Å². The van der Waals surface area contributed by atoms with Crippen molar-refractivity contribution in [2.75, 3.05) is 19.7 Å². The van der Waals surface area contributed by atoms with E-state index < -0.39 is 0 Å². The zero-order valence-corrected chi connectivity index (χ0v) is 13.5. The number of hydrogen-bond donors (Lipinski definition) is 1. The molecule has 1 aromatic rings. The Kier molecular flexibility index (Phi) is 4.55. The second-order valence-corrected chi connectivity index (χ2v) is 7.52. The van der Waals surface area contributed by atoms with Gasteiger partial charge in [0.1, 0.15) is 6.61 Å². The number of thiophene rings is 1. The van der Waals surface area contributed by atoms with Crippen molar-refractivity contribution < 1.29 is 9.84 Å². The van der Waals surface area contributed by atoms with Gasteiger partial charge >= 0.3 is 0 Å². The maximum Gasteiger partial charge on any atom is 0.104 e. The monoisotopic (exact) mass is 293 g/mol. The van der Waals surface area contributed by atoms with Gasteiger partial charge in [0.2, 0.25) is 0 Å². The lowest BCUT2D eigenvalue weighted by Crippen LogP contribution is -2.56. The minimum atomic E-state index is -0.113. The van der Waals surface area contributed by atoms with Gasteiger partial charge in [-0.3, -0.25) is 4.90 Å². The van der Waals surface area contributed by atoms with Crippen LogP contribution in [-0.2, 0) is 11.3 Å². The molecule has 1 aromatic heterocycles. The van der Waals surface area contributed by atoms with Crippen LogP contribution in [0.15, 0.2) is 11.4 Å². The van der Waals surface area contributed by atoms with E-state index in [2.05, 4.69) is 55.9 Å². The van der Waals surface area contributed by atoms with Gasteiger partial charge in [0.15, 0.2) is 0 Å². The van der Waals surface area contributed by atoms with Gasteiger partial charge in [-0.05, 0) is 33.8 Å². The van der Waals surface area contributed by atoms with E-state index >= 15 is 0 Å². The number of ether oxygens (including phenoxy) is 1. The van der Waals surface area contributed by atoms with Crippen molar-refractivity contribution in [3.05, 3.63) is 21.9 Å². The summed E-state index contributed by atoms with van der Waals surface area (Å²) < 4.78 is 6.10. The molecule has 20 heavy (non-hydrogen) atoms. The maximum absolute atomic E-state index is 8.72. The molecule has 0 amide bonds. The number of aliphatic hydroxyl groups excluding tert-OH is 1. The van der Waals surface area contributed by atoms with Crippen molar-refractivity contribution in [1.82, 2.24) is 4.90 Å². The lowest BCUT2D eigenvalue weighted by atomic mass is 9.99. The Balaban J connectivity index is 2.04. The highest BCUT2D eigenvalue weighted by atomic mass is 32.1. The van der Waals surface area contributed by atoms with Gasteiger partial charge in [-0.25, -0.2) is 0 Å². The molecule has 2 heterocycles. The van der Waals surface area contributed by atoms with Gasteiger partial charge in [-0.2, -0.15) is 0 Å². The molecule has 1 aliphatic rings. The molecule has 0 aliphatic carbocycles. The van der Waals surface area contributed by atoms with Crippen molar-refractivity contribution >= 4 is 11.3 Å². The summed E-state index contributed by atoms with van der Waals surface area (Å²) in [6.45, 7) is 11.3. The Morgan fingerprint density at radius 2 is 1.95 bits per heavy atom. The summed E-state index contributed by atoms with van der Waals surface area (Å²) in [7, 11) is 0. The van der Waals surface area contributed by atoms with Crippen LogP contribution in [0.25, 0.3) is 0 Å². The van der Waals surface area contributed by atoms with Gasteiger partial charge in [0.05, 0.1) is 11.2 Å². The van der Waals surface area contributed by atoms with E-state index in [1.165, 1.54) is 4.88 Å². The summed E-state index contributed by atoms with van der Waals surface area (Å²) in [5.74, 6) is 5.64. The minimum Gasteiger partial charge on any atom is -0.384 e. The molecule has 0 spiro atoms. The Morgan fingerprint density at radius 1 is 1.30 bits per heavy atom. The third kappa shape index (κ3) is 4.32. The fraction of sp³-hybridized carbons (Fsp3) is 0.625. The van der Waals surface area contributed by atoms with E-state index in [0.29, 0.717) is 0 Å². The van der Waals surface area contributed by atoms with Crippen LogP contribution in [0, 0.1) is 11.8 Å². The van der Waals surface area contributed by atoms with Crippen LogP contribution < -0.4 is 0 Å². The van der Waals surface area contributed by atoms with Crippen molar-refractivity contribution in [3.63, 3.8) is 0 Å². The molecular weight excluding hydrogens is 270 g/mol. The first-order valence-corrected chi connectivity index (χ1v) is 7.77. The van der Waals surface area contributed by atoms with Gasteiger partial charge in [-0.1, -0.05) is 11.8 Å². The molecule has 2 rings (SSSR count). The van der Waals surface area contributed by atoms with Crippen molar-refractivity contribution in [2.24, 2.45) is 0 Å². The Morgan fingerprint density at radius 3 is 2.55 bits per heavy atom. The van der Waals surface area contributed by atoms with Crippen LogP contribution in [0.3, 0.4) is 0 Å². The van der Waals surface area contributed by atoms with E-state index in [0.717, 1.165) is 25.2 Å². The molecule has 110 valence electrons. The largest absolute Gasteiger partial charge is 0.384 e. The van der Waals surface area contributed by atoms with Gasteiger partial charge in [0.25, 0.3) is 0 Å². The normalized spacial score (nSPS) is 21.2.